The minimum absolute atomic E-state index is 0.292. The van der Waals surface area contributed by atoms with Crippen LogP contribution in [0.15, 0.2) is 23.2 Å². The Hall–Kier alpha value is -1.58. The molecule has 2 rings (SSSR count). The van der Waals surface area contributed by atoms with Gasteiger partial charge >= 0.3 is 0 Å². The van der Waals surface area contributed by atoms with Crippen molar-refractivity contribution >= 4 is 5.84 Å². The van der Waals surface area contributed by atoms with Crippen LogP contribution in [0.1, 0.15) is 12.5 Å². The standard InChI is InChI=1S/C11H13FN2O/c1-2-15-10-4-3-8(7-9(10)12)11-13-5-6-14-11/h3-4,7H,2,5-6H2,1H3,(H,13,14). The van der Waals surface area contributed by atoms with Crippen molar-refractivity contribution in [2.24, 2.45) is 4.99 Å². The summed E-state index contributed by atoms with van der Waals surface area (Å²) in [4.78, 5) is 4.22. The molecule has 0 saturated heterocycles. The monoisotopic (exact) mass is 208 g/mol. The van der Waals surface area contributed by atoms with E-state index in [-0.39, 0.29) is 5.82 Å². The van der Waals surface area contributed by atoms with E-state index >= 15 is 0 Å². The van der Waals surface area contributed by atoms with E-state index in [4.69, 9.17) is 4.74 Å². The molecule has 1 aliphatic heterocycles. The Kier molecular flexibility index (Phi) is 2.85. The average Bonchev–Trinajstić information content (AvgIpc) is 2.74. The Morgan fingerprint density at radius 2 is 2.40 bits per heavy atom. The maximum atomic E-state index is 13.5. The third-order valence-corrected chi connectivity index (χ3v) is 2.18. The number of amidine groups is 1. The third-order valence-electron chi connectivity index (χ3n) is 2.18. The van der Waals surface area contributed by atoms with Gasteiger partial charge in [0, 0.05) is 12.1 Å². The number of nitrogens with one attached hydrogen (secondary N) is 1. The van der Waals surface area contributed by atoms with Crippen molar-refractivity contribution in [1.29, 1.82) is 0 Å². The molecule has 3 nitrogen and oxygen atoms in total. The van der Waals surface area contributed by atoms with Crippen LogP contribution >= 0.6 is 0 Å². The van der Waals surface area contributed by atoms with Gasteiger partial charge in [-0.3, -0.25) is 4.99 Å². The third kappa shape index (κ3) is 2.09. The largest absolute Gasteiger partial charge is 0.491 e. The molecule has 0 spiro atoms. The van der Waals surface area contributed by atoms with Crippen molar-refractivity contribution in [2.45, 2.75) is 6.92 Å². The van der Waals surface area contributed by atoms with Gasteiger partial charge in [0.05, 0.1) is 13.2 Å². The Morgan fingerprint density at radius 3 is 3.00 bits per heavy atom. The van der Waals surface area contributed by atoms with Crippen LogP contribution in [-0.4, -0.2) is 25.5 Å². The second-order valence-electron chi connectivity index (χ2n) is 3.24. The molecule has 1 heterocycles. The molecular weight excluding hydrogens is 195 g/mol. The molecule has 0 unspecified atom stereocenters. The SMILES string of the molecule is CCOc1ccc(C2=NCCN2)cc1F. The summed E-state index contributed by atoms with van der Waals surface area (Å²) in [5.74, 6) is 0.711. The van der Waals surface area contributed by atoms with Gasteiger partial charge in [-0.15, -0.1) is 0 Å². The summed E-state index contributed by atoms with van der Waals surface area (Å²) in [7, 11) is 0. The molecule has 15 heavy (non-hydrogen) atoms. The summed E-state index contributed by atoms with van der Waals surface area (Å²) in [5.41, 5.74) is 0.772. The van der Waals surface area contributed by atoms with Crippen molar-refractivity contribution in [1.82, 2.24) is 5.32 Å². The number of hydrogen-bond donors (Lipinski definition) is 1. The first-order chi connectivity index (χ1) is 7.31. The van der Waals surface area contributed by atoms with Gasteiger partial charge in [-0.25, -0.2) is 4.39 Å². The lowest BCUT2D eigenvalue weighted by Gasteiger charge is -2.07. The zero-order valence-electron chi connectivity index (χ0n) is 8.59. The lowest BCUT2D eigenvalue weighted by Crippen LogP contribution is -2.19. The molecule has 0 amide bonds. The predicted octanol–water partition coefficient (Wildman–Crippen LogP) is 1.57. The Balaban J connectivity index is 2.24. The van der Waals surface area contributed by atoms with Crippen molar-refractivity contribution < 1.29 is 9.13 Å². The van der Waals surface area contributed by atoms with Crippen LogP contribution in [0, 0.1) is 5.82 Å². The van der Waals surface area contributed by atoms with Crippen LogP contribution < -0.4 is 10.1 Å². The topological polar surface area (TPSA) is 33.6 Å². The van der Waals surface area contributed by atoms with E-state index in [1.54, 1.807) is 6.07 Å². The molecule has 0 fully saturated rings. The van der Waals surface area contributed by atoms with Gasteiger partial charge < -0.3 is 10.1 Å². The number of halogens is 1. The highest BCUT2D eigenvalue weighted by Crippen LogP contribution is 2.18. The highest BCUT2D eigenvalue weighted by Gasteiger charge is 2.11. The zero-order valence-corrected chi connectivity index (χ0v) is 8.59. The molecule has 4 heteroatoms. The summed E-state index contributed by atoms with van der Waals surface area (Å²) in [6, 6.07) is 4.89. The van der Waals surface area contributed by atoms with E-state index in [0.29, 0.717) is 12.4 Å². The van der Waals surface area contributed by atoms with Crippen LogP contribution in [0.4, 0.5) is 4.39 Å². The molecule has 0 radical (unpaired) electrons. The maximum absolute atomic E-state index is 13.5. The van der Waals surface area contributed by atoms with Gasteiger partial charge in [0.25, 0.3) is 0 Å². The highest BCUT2D eigenvalue weighted by atomic mass is 19.1. The maximum Gasteiger partial charge on any atom is 0.165 e. The predicted molar refractivity (Wildman–Crippen MR) is 57.0 cm³/mol. The molecule has 0 atom stereocenters. The molecule has 1 N–H and O–H groups in total. The van der Waals surface area contributed by atoms with Crippen molar-refractivity contribution in [3.05, 3.63) is 29.6 Å². The van der Waals surface area contributed by atoms with Gasteiger partial charge in [0.15, 0.2) is 11.6 Å². The van der Waals surface area contributed by atoms with Crippen molar-refractivity contribution in [3.63, 3.8) is 0 Å². The highest BCUT2D eigenvalue weighted by molar-refractivity contribution is 5.99. The van der Waals surface area contributed by atoms with Crippen LogP contribution in [0.3, 0.4) is 0 Å². The molecule has 1 aromatic carbocycles. The van der Waals surface area contributed by atoms with Crippen molar-refractivity contribution in [3.8, 4) is 5.75 Å². The molecule has 1 aromatic rings. The van der Waals surface area contributed by atoms with Crippen LogP contribution in [-0.2, 0) is 0 Å². The molecular formula is C11H13FN2O. The molecule has 0 bridgehead atoms. The smallest absolute Gasteiger partial charge is 0.165 e. The summed E-state index contributed by atoms with van der Waals surface area (Å²) < 4.78 is 18.6. The fraction of sp³-hybridized carbons (Fsp3) is 0.364. The second kappa shape index (κ2) is 4.29. The van der Waals surface area contributed by atoms with Gasteiger partial charge in [0.1, 0.15) is 5.84 Å². The first-order valence-electron chi connectivity index (χ1n) is 5.02. The van der Waals surface area contributed by atoms with E-state index in [2.05, 4.69) is 10.3 Å². The van der Waals surface area contributed by atoms with Gasteiger partial charge in [-0.2, -0.15) is 0 Å². The fourth-order valence-corrected chi connectivity index (χ4v) is 1.51. The summed E-state index contributed by atoms with van der Waals surface area (Å²) in [6.45, 7) is 3.87. The van der Waals surface area contributed by atoms with Crippen LogP contribution in [0.25, 0.3) is 0 Å². The Labute approximate surface area is 88.0 Å². The van der Waals surface area contributed by atoms with Crippen molar-refractivity contribution in [2.75, 3.05) is 19.7 Å². The number of aliphatic imine (C=N–C) groups is 1. The molecule has 1 aliphatic rings. The number of benzene rings is 1. The van der Waals surface area contributed by atoms with E-state index < -0.39 is 0 Å². The van der Waals surface area contributed by atoms with E-state index in [1.807, 2.05) is 13.0 Å². The first-order valence-corrected chi connectivity index (χ1v) is 5.02. The number of hydrogen-bond acceptors (Lipinski definition) is 3. The van der Waals surface area contributed by atoms with Crippen LogP contribution in [0.2, 0.25) is 0 Å². The Bertz CT molecular complexity index is 390. The summed E-state index contributed by atoms with van der Waals surface area (Å²) in [6.07, 6.45) is 0. The van der Waals surface area contributed by atoms with E-state index in [1.165, 1.54) is 6.07 Å². The zero-order chi connectivity index (χ0) is 10.7. The molecule has 0 saturated carbocycles. The van der Waals surface area contributed by atoms with Gasteiger partial charge in [-0.05, 0) is 25.1 Å². The van der Waals surface area contributed by atoms with E-state index in [9.17, 15) is 4.39 Å². The number of nitrogens with zero attached hydrogens (tertiary/aromatic N) is 1. The van der Waals surface area contributed by atoms with Gasteiger partial charge in [0.2, 0.25) is 0 Å². The van der Waals surface area contributed by atoms with Gasteiger partial charge in [-0.1, -0.05) is 0 Å². The van der Waals surface area contributed by atoms with E-state index in [0.717, 1.165) is 24.5 Å². The first kappa shape index (κ1) is 9.96. The Morgan fingerprint density at radius 1 is 1.53 bits per heavy atom. The second-order valence-corrected chi connectivity index (χ2v) is 3.24. The molecule has 0 aliphatic carbocycles. The quantitative estimate of drug-likeness (QED) is 0.818. The minimum Gasteiger partial charge on any atom is -0.491 e. The fourth-order valence-electron chi connectivity index (χ4n) is 1.51. The molecule has 0 aromatic heterocycles. The number of ether oxygens (including phenoxy) is 1. The normalized spacial score (nSPS) is 14.7. The number of rotatable bonds is 3. The lowest BCUT2D eigenvalue weighted by atomic mass is 10.2. The van der Waals surface area contributed by atoms with Crippen LogP contribution in [0.5, 0.6) is 5.75 Å². The molecule has 80 valence electrons. The summed E-state index contributed by atoms with van der Waals surface area (Å²) in [5, 5.41) is 3.09. The lowest BCUT2D eigenvalue weighted by molar-refractivity contribution is 0.321. The summed E-state index contributed by atoms with van der Waals surface area (Å²) >= 11 is 0. The minimum atomic E-state index is -0.342. The average molecular weight is 208 g/mol.